The van der Waals surface area contributed by atoms with E-state index in [1.165, 1.54) is 12.3 Å². The maximum absolute atomic E-state index is 10.8. The van der Waals surface area contributed by atoms with Crippen LogP contribution in [0, 0.1) is 0 Å². The molecule has 6 heteroatoms. The lowest BCUT2D eigenvalue weighted by molar-refractivity contribution is -0.138. The molecule has 5 N–H and O–H groups in total. The number of carboxylic acid groups (broad SMARTS) is 1. The van der Waals surface area contributed by atoms with Crippen LogP contribution in [0.15, 0.2) is 18.3 Å². The second-order valence-electron chi connectivity index (χ2n) is 3.06. The van der Waals surface area contributed by atoms with Gasteiger partial charge in [-0.2, -0.15) is 0 Å². The highest BCUT2D eigenvalue weighted by molar-refractivity contribution is 5.90. The van der Waals surface area contributed by atoms with Crippen molar-refractivity contribution in [2.75, 3.05) is 0 Å². The summed E-state index contributed by atoms with van der Waals surface area (Å²) < 4.78 is 0. The Morgan fingerprint density at radius 3 is 2.73 bits per heavy atom. The summed E-state index contributed by atoms with van der Waals surface area (Å²) in [5, 5.41) is 8.59. The van der Waals surface area contributed by atoms with Crippen molar-refractivity contribution in [2.45, 2.75) is 12.5 Å². The fourth-order valence-corrected chi connectivity index (χ4v) is 1.08. The molecular formula is C9H11N3O3. The van der Waals surface area contributed by atoms with E-state index in [1.54, 1.807) is 6.07 Å². The molecule has 1 aromatic rings. The summed E-state index contributed by atoms with van der Waals surface area (Å²) in [5.74, 6) is -1.74. The minimum Gasteiger partial charge on any atom is -0.480 e. The first kappa shape index (κ1) is 11.1. The third kappa shape index (κ3) is 3.03. The molecular weight excluding hydrogens is 198 g/mol. The summed E-state index contributed by atoms with van der Waals surface area (Å²) in [7, 11) is 0. The van der Waals surface area contributed by atoms with Crippen LogP contribution in [-0.4, -0.2) is 28.0 Å². The normalized spacial score (nSPS) is 12.1. The van der Waals surface area contributed by atoms with Gasteiger partial charge in [-0.15, -0.1) is 0 Å². The van der Waals surface area contributed by atoms with Gasteiger partial charge < -0.3 is 16.6 Å². The van der Waals surface area contributed by atoms with Crippen molar-refractivity contribution in [3.8, 4) is 0 Å². The Labute approximate surface area is 85.9 Å². The van der Waals surface area contributed by atoms with Gasteiger partial charge in [-0.1, -0.05) is 0 Å². The largest absolute Gasteiger partial charge is 0.480 e. The molecule has 1 heterocycles. The lowest BCUT2D eigenvalue weighted by Crippen LogP contribution is -2.32. The van der Waals surface area contributed by atoms with Crippen molar-refractivity contribution in [1.82, 2.24) is 4.98 Å². The number of hydrogen-bond acceptors (Lipinski definition) is 4. The number of carboxylic acids is 1. The van der Waals surface area contributed by atoms with Gasteiger partial charge in [-0.05, 0) is 24.1 Å². The Balaban J connectivity index is 2.82. The maximum Gasteiger partial charge on any atom is 0.320 e. The van der Waals surface area contributed by atoms with Crippen LogP contribution in [0.4, 0.5) is 0 Å². The first-order valence-electron chi connectivity index (χ1n) is 4.24. The molecule has 0 unspecified atom stereocenters. The monoisotopic (exact) mass is 209 g/mol. The molecule has 1 amide bonds. The Morgan fingerprint density at radius 2 is 2.20 bits per heavy atom. The molecule has 0 fully saturated rings. The quantitative estimate of drug-likeness (QED) is 0.595. The summed E-state index contributed by atoms with van der Waals surface area (Å²) in [6, 6.07) is 2.04. The van der Waals surface area contributed by atoms with Crippen LogP contribution in [0.3, 0.4) is 0 Å². The van der Waals surface area contributed by atoms with E-state index in [4.69, 9.17) is 16.6 Å². The summed E-state index contributed by atoms with van der Waals surface area (Å²) in [5.41, 5.74) is 11.1. The SMILES string of the molecule is NC(=O)c1cc(C[C@H](N)C(=O)O)ccn1. The molecule has 0 aliphatic rings. The molecule has 1 aromatic heterocycles. The number of hydrogen-bond donors (Lipinski definition) is 3. The number of amides is 1. The number of carbonyl (C=O) groups excluding carboxylic acids is 1. The van der Waals surface area contributed by atoms with Crippen molar-refractivity contribution in [3.63, 3.8) is 0 Å². The highest BCUT2D eigenvalue weighted by Gasteiger charge is 2.13. The minimum atomic E-state index is -1.09. The number of nitrogens with two attached hydrogens (primary N) is 2. The molecule has 1 atom stereocenters. The van der Waals surface area contributed by atoms with Gasteiger partial charge in [-0.3, -0.25) is 14.6 Å². The van der Waals surface area contributed by atoms with Crippen molar-refractivity contribution in [3.05, 3.63) is 29.6 Å². The van der Waals surface area contributed by atoms with Crippen LogP contribution in [0.2, 0.25) is 0 Å². The van der Waals surface area contributed by atoms with E-state index >= 15 is 0 Å². The van der Waals surface area contributed by atoms with Gasteiger partial charge in [0.15, 0.2) is 0 Å². The topological polar surface area (TPSA) is 119 Å². The van der Waals surface area contributed by atoms with Crippen molar-refractivity contribution >= 4 is 11.9 Å². The minimum absolute atomic E-state index is 0.102. The van der Waals surface area contributed by atoms with Crippen molar-refractivity contribution < 1.29 is 14.7 Å². The Hall–Kier alpha value is -1.95. The lowest BCUT2D eigenvalue weighted by atomic mass is 10.1. The molecule has 6 nitrogen and oxygen atoms in total. The molecule has 0 saturated carbocycles. The van der Waals surface area contributed by atoms with Crippen LogP contribution >= 0.6 is 0 Å². The highest BCUT2D eigenvalue weighted by atomic mass is 16.4. The third-order valence-electron chi connectivity index (χ3n) is 1.85. The standard InChI is InChI=1S/C9H11N3O3/c10-6(9(14)15)3-5-1-2-12-7(4-5)8(11)13/h1-2,4,6H,3,10H2,(H2,11,13)(H,14,15)/t6-/m0/s1. The van der Waals surface area contributed by atoms with Gasteiger partial charge in [0.2, 0.25) is 0 Å². The van der Waals surface area contributed by atoms with Gasteiger partial charge in [0, 0.05) is 6.20 Å². The molecule has 0 spiro atoms. The number of nitrogens with zero attached hydrogens (tertiary/aromatic N) is 1. The average molecular weight is 209 g/mol. The average Bonchev–Trinajstić information content (AvgIpc) is 2.18. The van der Waals surface area contributed by atoms with Crippen molar-refractivity contribution in [1.29, 1.82) is 0 Å². The lowest BCUT2D eigenvalue weighted by Gasteiger charge is -2.06. The van der Waals surface area contributed by atoms with Gasteiger partial charge in [0.1, 0.15) is 11.7 Å². The first-order chi connectivity index (χ1) is 7.00. The van der Waals surface area contributed by atoms with Gasteiger partial charge in [-0.25, -0.2) is 0 Å². The molecule has 0 aliphatic carbocycles. The number of aliphatic carboxylic acids is 1. The van der Waals surface area contributed by atoms with E-state index in [2.05, 4.69) is 4.98 Å². The number of rotatable bonds is 4. The Morgan fingerprint density at radius 1 is 1.53 bits per heavy atom. The van der Waals surface area contributed by atoms with E-state index in [0.717, 1.165) is 0 Å². The van der Waals surface area contributed by atoms with Gasteiger partial charge in [0.05, 0.1) is 0 Å². The molecule has 80 valence electrons. The maximum atomic E-state index is 10.8. The van der Waals surface area contributed by atoms with E-state index in [1.807, 2.05) is 0 Å². The predicted molar refractivity (Wildman–Crippen MR) is 52.1 cm³/mol. The number of carbonyl (C=O) groups is 2. The highest BCUT2D eigenvalue weighted by Crippen LogP contribution is 2.04. The molecule has 0 aliphatic heterocycles. The van der Waals surface area contributed by atoms with Crippen molar-refractivity contribution in [2.24, 2.45) is 11.5 Å². The van der Waals surface area contributed by atoms with Crippen LogP contribution in [0.1, 0.15) is 16.1 Å². The van der Waals surface area contributed by atoms with E-state index < -0.39 is 17.9 Å². The van der Waals surface area contributed by atoms with Crippen LogP contribution in [-0.2, 0) is 11.2 Å². The molecule has 1 rings (SSSR count). The number of aromatic nitrogens is 1. The zero-order chi connectivity index (χ0) is 11.4. The zero-order valence-corrected chi connectivity index (χ0v) is 7.88. The van der Waals surface area contributed by atoms with E-state index in [0.29, 0.717) is 5.56 Å². The second kappa shape index (κ2) is 4.52. The Bertz CT molecular complexity index is 392. The molecule has 0 radical (unpaired) electrons. The summed E-state index contributed by atoms with van der Waals surface area (Å²) >= 11 is 0. The second-order valence-corrected chi connectivity index (χ2v) is 3.06. The van der Waals surface area contributed by atoms with E-state index in [9.17, 15) is 9.59 Å². The van der Waals surface area contributed by atoms with Crippen LogP contribution in [0.25, 0.3) is 0 Å². The molecule has 15 heavy (non-hydrogen) atoms. The number of pyridine rings is 1. The van der Waals surface area contributed by atoms with Crippen LogP contribution < -0.4 is 11.5 Å². The third-order valence-corrected chi connectivity index (χ3v) is 1.85. The fourth-order valence-electron chi connectivity index (χ4n) is 1.08. The first-order valence-corrected chi connectivity index (χ1v) is 4.24. The van der Waals surface area contributed by atoms with Gasteiger partial charge >= 0.3 is 5.97 Å². The zero-order valence-electron chi connectivity index (χ0n) is 7.88. The summed E-state index contributed by atoms with van der Waals surface area (Å²) in [6.07, 6.45) is 1.53. The fraction of sp³-hybridized carbons (Fsp3) is 0.222. The number of primary amides is 1. The summed E-state index contributed by atoms with van der Waals surface area (Å²) in [4.78, 5) is 25.0. The van der Waals surface area contributed by atoms with Crippen LogP contribution in [0.5, 0.6) is 0 Å². The molecule has 0 bridgehead atoms. The summed E-state index contributed by atoms with van der Waals surface area (Å²) in [6.45, 7) is 0. The van der Waals surface area contributed by atoms with E-state index in [-0.39, 0.29) is 12.1 Å². The van der Waals surface area contributed by atoms with Gasteiger partial charge in [0.25, 0.3) is 5.91 Å². The molecule has 0 aromatic carbocycles. The smallest absolute Gasteiger partial charge is 0.320 e. The molecule has 0 saturated heterocycles. The Kier molecular flexibility index (Phi) is 3.35. The predicted octanol–water partition coefficient (Wildman–Crippen LogP) is -0.865.